The van der Waals surface area contributed by atoms with Crippen molar-refractivity contribution in [2.45, 2.75) is 44.2 Å². The quantitative estimate of drug-likeness (QED) is 0.741. The number of H-pyrrole nitrogens is 1. The van der Waals surface area contributed by atoms with Crippen molar-refractivity contribution in [1.82, 2.24) is 20.3 Å². The van der Waals surface area contributed by atoms with Gasteiger partial charge in [-0.15, -0.1) is 0 Å². The Balaban J connectivity index is 1.27. The van der Waals surface area contributed by atoms with E-state index in [9.17, 15) is 4.79 Å². The molecule has 0 bridgehead atoms. The standard InChI is InChI=1S/C20H22N4O2/c25-19(11-14-12-23-18-4-2-1-3-17(14)18)24-15-5-7-16(8-6-15)26-20-13-21-9-10-22-20/h1-4,9-10,12-13,15-16,23H,5-8,11H2,(H,24,25). The average Bonchev–Trinajstić information content (AvgIpc) is 3.07. The molecule has 1 fully saturated rings. The van der Waals surface area contributed by atoms with E-state index in [-0.39, 0.29) is 18.1 Å². The van der Waals surface area contributed by atoms with Gasteiger partial charge in [-0.3, -0.25) is 9.78 Å². The molecule has 0 spiro atoms. The molecule has 1 amide bonds. The van der Waals surface area contributed by atoms with Gasteiger partial charge in [-0.1, -0.05) is 18.2 Å². The third kappa shape index (κ3) is 3.85. The highest BCUT2D eigenvalue weighted by Gasteiger charge is 2.24. The summed E-state index contributed by atoms with van der Waals surface area (Å²) in [7, 11) is 0. The Morgan fingerprint density at radius 2 is 2.04 bits per heavy atom. The predicted molar refractivity (Wildman–Crippen MR) is 98.8 cm³/mol. The van der Waals surface area contributed by atoms with Crippen LogP contribution in [0.1, 0.15) is 31.2 Å². The molecule has 1 aliphatic rings. The van der Waals surface area contributed by atoms with Crippen LogP contribution < -0.4 is 10.1 Å². The number of nitrogens with zero attached hydrogens (tertiary/aromatic N) is 2. The number of aromatic amines is 1. The van der Waals surface area contributed by atoms with Crippen molar-refractivity contribution < 1.29 is 9.53 Å². The van der Waals surface area contributed by atoms with Gasteiger partial charge in [0.25, 0.3) is 0 Å². The van der Waals surface area contributed by atoms with Crippen molar-refractivity contribution in [1.29, 1.82) is 0 Å². The lowest BCUT2D eigenvalue weighted by Crippen LogP contribution is -2.40. The zero-order valence-electron chi connectivity index (χ0n) is 14.5. The molecule has 1 aliphatic carbocycles. The predicted octanol–water partition coefficient (Wildman–Crippen LogP) is 3.01. The van der Waals surface area contributed by atoms with Gasteiger partial charge in [0.1, 0.15) is 6.10 Å². The van der Waals surface area contributed by atoms with E-state index >= 15 is 0 Å². The van der Waals surface area contributed by atoms with Crippen LogP contribution in [-0.4, -0.2) is 33.0 Å². The van der Waals surface area contributed by atoms with Crippen LogP contribution in [0.25, 0.3) is 10.9 Å². The maximum Gasteiger partial charge on any atom is 0.232 e. The Morgan fingerprint density at radius 1 is 1.19 bits per heavy atom. The number of fused-ring (bicyclic) bond motifs is 1. The minimum atomic E-state index is 0.0769. The van der Waals surface area contributed by atoms with Gasteiger partial charge in [0.2, 0.25) is 11.8 Å². The Labute approximate surface area is 152 Å². The molecule has 4 rings (SSSR count). The Morgan fingerprint density at radius 3 is 2.85 bits per heavy atom. The van der Waals surface area contributed by atoms with Crippen molar-refractivity contribution in [3.8, 4) is 5.88 Å². The summed E-state index contributed by atoms with van der Waals surface area (Å²) in [6.07, 6.45) is 11.0. The molecular weight excluding hydrogens is 328 g/mol. The van der Waals surface area contributed by atoms with Crippen molar-refractivity contribution in [2.75, 3.05) is 0 Å². The highest BCUT2D eigenvalue weighted by Crippen LogP contribution is 2.23. The number of carbonyl (C=O) groups is 1. The smallest absolute Gasteiger partial charge is 0.232 e. The van der Waals surface area contributed by atoms with Crippen LogP contribution in [0, 0.1) is 0 Å². The molecule has 6 heteroatoms. The van der Waals surface area contributed by atoms with Crippen LogP contribution in [-0.2, 0) is 11.2 Å². The number of amides is 1. The fourth-order valence-corrected chi connectivity index (χ4v) is 3.57. The molecule has 134 valence electrons. The lowest BCUT2D eigenvalue weighted by atomic mass is 9.92. The van der Waals surface area contributed by atoms with Crippen molar-refractivity contribution in [3.63, 3.8) is 0 Å². The maximum atomic E-state index is 12.4. The summed E-state index contributed by atoms with van der Waals surface area (Å²) < 4.78 is 5.85. The van der Waals surface area contributed by atoms with Gasteiger partial charge >= 0.3 is 0 Å². The molecule has 0 saturated heterocycles. The first-order valence-electron chi connectivity index (χ1n) is 9.05. The van der Waals surface area contributed by atoms with E-state index < -0.39 is 0 Å². The summed E-state index contributed by atoms with van der Waals surface area (Å²) in [6.45, 7) is 0. The number of carbonyl (C=O) groups excluding carboxylic acids is 1. The van der Waals surface area contributed by atoms with Gasteiger partial charge in [-0.2, -0.15) is 0 Å². The van der Waals surface area contributed by atoms with Gasteiger partial charge in [-0.05, 0) is 37.3 Å². The first kappa shape index (κ1) is 16.6. The van der Waals surface area contributed by atoms with Crippen molar-refractivity contribution >= 4 is 16.8 Å². The number of benzene rings is 1. The molecule has 0 aliphatic heterocycles. The zero-order valence-corrected chi connectivity index (χ0v) is 14.5. The highest BCUT2D eigenvalue weighted by atomic mass is 16.5. The van der Waals surface area contributed by atoms with E-state index in [0.717, 1.165) is 42.1 Å². The molecule has 3 aromatic rings. The number of hydrogen-bond donors (Lipinski definition) is 2. The van der Waals surface area contributed by atoms with E-state index in [2.05, 4.69) is 20.3 Å². The second kappa shape index (κ2) is 7.56. The molecule has 0 unspecified atom stereocenters. The minimum Gasteiger partial charge on any atom is -0.473 e. The molecule has 0 atom stereocenters. The van der Waals surface area contributed by atoms with Crippen LogP contribution >= 0.6 is 0 Å². The van der Waals surface area contributed by atoms with Gasteiger partial charge < -0.3 is 15.0 Å². The van der Waals surface area contributed by atoms with Crippen molar-refractivity contribution in [3.05, 3.63) is 54.6 Å². The first-order chi connectivity index (χ1) is 12.8. The molecule has 6 nitrogen and oxygen atoms in total. The number of ether oxygens (including phenoxy) is 1. The third-order valence-electron chi connectivity index (χ3n) is 4.89. The second-order valence-electron chi connectivity index (χ2n) is 6.74. The summed E-state index contributed by atoms with van der Waals surface area (Å²) in [6, 6.07) is 8.27. The van der Waals surface area contributed by atoms with E-state index in [0.29, 0.717) is 12.3 Å². The molecular formula is C20H22N4O2. The SMILES string of the molecule is O=C(Cc1c[nH]c2ccccc12)NC1CCC(Oc2cnccn2)CC1. The fraction of sp³-hybridized carbons (Fsp3) is 0.350. The van der Waals surface area contributed by atoms with E-state index in [1.807, 2.05) is 30.5 Å². The Hall–Kier alpha value is -2.89. The number of hydrogen-bond acceptors (Lipinski definition) is 4. The average molecular weight is 350 g/mol. The normalized spacial score (nSPS) is 20.0. The number of aromatic nitrogens is 3. The van der Waals surface area contributed by atoms with Crippen LogP contribution in [0.15, 0.2) is 49.1 Å². The molecule has 2 N–H and O–H groups in total. The molecule has 0 radical (unpaired) electrons. The Kier molecular flexibility index (Phi) is 4.82. The molecule has 2 aromatic heterocycles. The topological polar surface area (TPSA) is 79.9 Å². The fourth-order valence-electron chi connectivity index (χ4n) is 3.57. The van der Waals surface area contributed by atoms with Crippen molar-refractivity contribution in [2.24, 2.45) is 0 Å². The van der Waals surface area contributed by atoms with E-state index in [1.165, 1.54) is 0 Å². The molecule has 1 aromatic carbocycles. The third-order valence-corrected chi connectivity index (χ3v) is 4.89. The summed E-state index contributed by atoms with van der Waals surface area (Å²) in [4.78, 5) is 23.8. The number of nitrogens with one attached hydrogen (secondary N) is 2. The van der Waals surface area contributed by atoms with Gasteiger partial charge in [0.15, 0.2) is 0 Å². The zero-order chi connectivity index (χ0) is 17.8. The number of rotatable bonds is 5. The van der Waals surface area contributed by atoms with Crippen LogP contribution in [0.2, 0.25) is 0 Å². The summed E-state index contributed by atoms with van der Waals surface area (Å²) in [5.74, 6) is 0.646. The van der Waals surface area contributed by atoms with Crippen LogP contribution in [0.5, 0.6) is 5.88 Å². The van der Waals surface area contributed by atoms with Gasteiger partial charge in [0, 0.05) is 35.5 Å². The monoisotopic (exact) mass is 350 g/mol. The lowest BCUT2D eigenvalue weighted by Gasteiger charge is -2.29. The van der Waals surface area contributed by atoms with Crippen LogP contribution in [0.4, 0.5) is 0 Å². The van der Waals surface area contributed by atoms with E-state index in [4.69, 9.17) is 4.74 Å². The van der Waals surface area contributed by atoms with Gasteiger partial charge in [0.05, 0.1) is 12.6 Å². The second-order valence-corrected chi connectivity index (χ2v) is 6.74. The number of para-hydroxylation sites is 1. The lowest BCUT2D eigenvalue weighted by molar-refractivity contribution is -0.121. The minimum absolute atomic E-state index is 0.0769. The largest absolute Gasteiger partial charge is 0.473 e. The summed E-state index contributed by atoms with van der Waals surface area (Å²) >= 11 is 0. The summed E-state index contributed by atoms with van der Waals surface area (Å²) in [5.41, 5.74) is 2.11. The molecule has 2 heterocycles. The van der Waals surface area contributed by atoms with Crippen LogP contribution in [0.3, 0.4) is 0 Å². The maximum absolute atomic E-state index is 12.4. The van der Waals surface area contributed by atoms with Gasteiger partial charge in [-0.25, -0.2) is 4.98 Å². The first-order valence-corrected chi connectivity index (χ1v) is 9.05. The van der Waals surface area contributed by atoms with E-state index in [1.54, 1.807) is 18.6 Å². The summed E-state index contributed by atoms with van der Waals surface area (Å²) in [5, 5.41) is 4.28. The molecule has 1 saturated carbocycles. The Bertz CT molecular complexity index is 870. The highest BCUT2D eigenvalue weighted by molar-refractivity contribution is 5.88. The molecule has 26 heavy (non-hydrogen) atoms.